The van der Waals surface area contributed by atoms with Crippen LogP contribution in [0, 0.1) is 5.21 Å². The molecular weight excluding hydrogens is 228 g/mol. The first-order chi connectivity index (χ1) is 7.84. The van der Waals surface area contributed by atoms with Gasteiger partial charge in [0.15, 0.2) is 0 Å². The highest BCUT2D eigenvalue weighted by molar-refractivity contribution is 5.75. The first-order valence-corrected chi connectivity index (χ1v) is 5.18. The van der Waals surface area contributed by atoms with E-state index in [1.165, 1.54) is 4.90 Å². The fourth-order valence-electron chi connectivity index (χ4n) is 1.74. The topological polar surface area (TPSA) is 104 Å². The standard InChI is InChI=1S/C10H15N2O5/c1-6-7(2)12(17)5-11(6)8(10(15)16)3-4-9(13)14/h8H,3-5H2,1-2H3,(H,13,14)(H,15,16)/q-1. The second-order valence-corrected chi connectivity index (χ2v) is 3.95. The van der Waals surface area contributed by atoms with Gasteiger partial charge < -0.3 is 25.4 Å². The molecular formula is C10H15N2O5-. The highest BCUT2D eigenvalue weighted by Gasteiger charge is 2.30. The van der Waals surface area contributed by atoms with Crippen LogP contribution in [-0.2, 0) is 9.59 Å². The maximum Gasteiger partial charge on any atom is 0.326 e. The molecule has 1 aliphatic rings. The minimum absolute atomic E-state index is 0.0247. The Balaban J connectivity index is 2.80. The molecule has 2 N–H and O–H groups in total. The third-order valence-corrected chi connectivity index (χ3v) is 2.90. The molecule has 0 saturated heterocycles. The molecule has 0 aromatic heterocycles. The van der Waals surface area contributed by atoms with E-state index in [1.54, 1.807) is 13.8 Å². The van der Waals surface area contributed by atoms with E-state index in [2.05, 4.69) is 0 Å². The average Bonchev–Trinajstić information content (AvgIpc) is 2.46. The van der Waals surface area contributed by atoms with Crippen LogP contribution in [0.1, 0.15) is 26.7 Å². The number of allylic oxidation sites excluding steroid dienone is 2. The molecule has 7 nitrogen and oxygen atoms in total. The summed E-state index contributed by atoms with van der Waals surface area (Å²) >= 11 is 0. The van der Waals surface area contributed by atoms with Crippen LogP contribution in [0.5, 0.6) is 0 Å². The quantitative estimate of drug-likeness (QED) is 0.729. The van der Waals surface area contributed by atoms with Crippen molar-refractivity contribution in [1.29, 1.82) is 0 Å². The van der Waals surface area contributed by atoms with Gasteiger partial charge in [-0.15, -0.1) is 0 Å². The summed E-state index contributed by atoms with van der Waals surface area (Å²) in [6, 6.07) is -0.972. The van der Waals surface area contributed by atoms with E-state index in [0.717, 1.165) is 0 Å². The van der Waals surface area contributed by atoms with Crippen LogP contribution in [0.25, 0.3) is 0 Å². The van der Waals surface area contributed by atoms with Crippen LogP contribution in [0.3, 0.4) is 0 Å². The molecule has 0 radical (unpaired) electrons. The molecule has 1 atom stereocenters. The van der Waals surface area contributed by atoms with E-state index in [9.17, 15) is 14.8 Å². The van der Waals surface area contributed by atoms with E-state index in [1.807, 2.05) is 0 Å². The van der Waals surface area contributed by atoms with Gasteiger partial charge in [-0.3, -0.25) is 4.79 Å². The normalized spacial score (nSPS) is 17.6. The smallest absolute Gasteiger partial charge is 0.326 e. The lowest BCUT2D eigenvalue weighted by Gasteiger charge is -2.31. The highest BCUT2D eigenvalue weighted by Crippen LogP contribution is 2.25. The van der Waals surface area contributed by atoms with Crippen LogP contribution >= 0.6 is 0 Å². The summed E-state index contributed by atoms with van der Waals surface area (Å²) in [7, 11) is 0. The molecule has 0 fully saturated rings. The predicted molar refractivity (Wildman–Crippen MR) is 58.6 cm³/mol. The Bertz CT molecular complexity index is 366. The van der Waals surface area contributed by atoms with Crippen molar-refractivity contribution in [3.05, 3.63) is 16.6 Å². The number of hydrogen-bond acceptors (Lipinski definition) is 5. The lowest BCUT2D eigenvalue weighted by Crippen LogP contribution is -2.40. The van der Waals surface area contributed by atoms with Crippen LogP contribution in [-0.4, -0.2) is 44.8 Å². The second-order valence-electron chi connectivity index (χ2n) is 3.95. The van der Waals surface area contributed by atoms with Crippen molar-refractivity contribution < 1.29 is 19.8 Å². The van der Waals surface area contributed by atoms with Gasteiger partial charge in [-0.1, -0.05) is 0 Å². The Morgan fingerprint density at radius 2 is 1.94 bits per heavy atom. The van der Waals surface area contributed by atoms with Gasteiger partial charge in [0.1, 0.15) is 6.04 Å². The zero-order valence-electron chi connectivity index (χ0n) is 9.71. The molecule has 0 saturated carbocycles. The van der Waals surface area contributed by atoms with Gasteiger partial charge in [-0.2, -0.15) is 0 Å². The van der Waals surface area contributed by atoms with E-state index in [-0.39, 0.29) is 19.5 Å². The molecule has 96 valence electrons. The SMILES string of the molecule is CC1=C(C)N(C(CCC(=O)O)C(=O)O)CN1[O-]. The number of hydrogen-bond donors (Lipinski definition) is 2. The van der Waals surface area contributed by atoms with Crippen molar-refractivity contribution in [3.8, 4) is 0 Å². The maximum absolute atomic E-state index is 11.4. The Morgan fingerprint density at radius 1 is 1.35 bits per heavy atom. The fraction of sp³-hybridized carbons (Fsp3) is 0.600. The third kappa shape index (κ3) is 2.88. The number of hydroxylamine groups is 2. The third-order valence-electron chi connectivity index (χ3n) is 2.90. The Hall–Kier alpha value is -1.76. The van der Waals surface area contributed by atoms with Gasteiger partial charge in [0.25, 0.3) is 0 Å². The highest BCUT2D eigenvalue weighted by atomic mass is 16.5. The minimum Gasteiger partial charge on any atom is -0.757 e. The zero-order valence-corrected chi connectivity index (χ0v) is 9.71. The molecule has 1 aliphatic heterocycles. The summed E-state index contributed by atoms with van der Waals surface area (Å²) in [5.41, 5.74) is 1.05. The van der Waals surface area contributed by atoms with Crippen LogP contribution in [0.15, 0.2) is 11.4 Å². The van der Waals surface area contributed by atoms with Crippen molar-refractivity contribution in [2.24, 2.45) is 0 Å². The predicted octanol–water partition coefficient (Wildman–Crippen LogP) is 0.629. The Kier molecular flexibility index (Phi) is 3.95. The molecule has 0 aromatic carbocycles. The summed E-state index contributed by atoms with van der Waals surface area (Å²) < 4.78 is 0. The molecule has 0 spiro atoms. The summed E-state index contributed by atoms with van der Waals surface area (Å²) in [6.45, 7) is 3.20. The van der Waals surface area contributed by atoms with Crippen molar-refractivity contribution in [2.45, 2.75) is 32.7 Å². The number of rotatable bonds is 5. The van der Waals surface area contributed by atoms with Gasteiger partial charge in [-0.05, 0) is 20.3 Å². The first-order valence-electron chi connectivity index (χ1n) is 5.18. The van der Waals surface area contributed by atoms with Crippen molar-refractivity contribution in [1.82, 2.24) is 9.96 Å². The van der Waals surface area contributed by atoms with Crippen molar-refractivity contribution >= 4 is 11.9 Å². The molecule has 1 heterocycles. The van der Waals surface area contributed by atoms with Crippen LogP contribution in [0.2, 0.25) is 0 Å². The van der Waals surface area contributed by atoms with E-state index >= 15 is 0 Å². The second kappa shape index (κ2) is 5.05. The van der Waals surface area contributed by atoms with Gasteiger partial charge in [-0.25, -0.2) is 4.79 Å². The first kappa shape index (κ1) is 13.3. The van der Waals surface area contributed by atoms with Gasteiger partial charge in [0.2, 0.25) is 0 Å². The number of nitrogens with zero attached hydrogens (tertiary/aromatic N) is 2. The number of carboxylic acids is 2. The molecule has 0 amide bonds. The molecule has 0 bridgehead atoms. The molecule has 7 heteroatoms. The van der Waals surface area contributed by atoms with Gasteiger partial charge in [0.05, 0.1) is 6.67 Å². The van der Waals surface area contributed by atoms with Crippen molar-refractivity contribution in [2.75, 3.05) is 6.67 Å². The summed E-state index contributed by atoms with van der Waals surface area (Å²) in [6.07, 6.45) is -0.262. The summed E-state index contributed by atoms with van der Waals surface area (Å²) in [5.74, 6) is -2.17. The van der Waals surface area contributed by atoms with E-state index < -0.39 is 18.0 Å². The maximum atomic E-state index is 11.4. The van der Waals surface area contributed by atoms with Gasteiger partial charge >= 0.3 is 11.9 Å². The zero-order chi connectivity index (χ0) is 13.2. The molecule has 0 aliphatic carbocycles. The molecule has 1 unspecified atom stereocenters. The fourth-order valence-corrected chi connectivity index (χ4v) is 1.74. The average molecular weight is 243 g/mol. The largest absolute Gasteiger partial charge is 0.757 e. The summed E-state index contributed by atoms with van der Waals surface area (Å²) in [5, 5.41) is 29.7. The van der Waals surface area contributed by atoms with Crippen LogP contribution in [0.4, 0.5) is 0 Å². The lowest BCUT2D eigenvalue weighted by molar-refractivity contribution is -0.143. The molecule has 17 heavy (non-hydrogen) atoms. The summed E-state index contributed by atoms with van der Waals surface area (Å²) in [4.78, 5) is 23.0. The number of carbonyl (C=O) groups is 2. The lowest BCUT2D eigenvalue weighted by atomic mass is 10.1. The van der Waals surface area contributed by atoms with E-state index in [4.69, 9.17) is 10.2 Å². The van der Waals surface area contributed by atoms with Crippen molar-refractivity contribution in [3.63, 3.8) is 0 Å². The molecule has 0 aromatic rings. The Morgan fingerprint density at radius 3 is 2.29 bits per heavy atom. The van der Waals surface area contributed by atoms with Gasteiger partial charge in [0, 0.05) is 17.8 Å². The molecule has 1 rings (SSSR count). The van der Waals surface area contributed by atoms with Crippen LogP contribution < -0.4 is 0 Å². The Labute approximate surface area is 98.5 Å². The number of aliphatic carboxylic acids is 2. The monoisotopic (exact) mass is 243 g/mol. The minimum atomic E-state index is -1.12. The number of carboxylic acid groups (broad SMARTS) is 2. The van der Waals surface area contributed by atoms with E-state index in [0.29, 0.717) is 16.5 Å².